The van der Waals surface area contributed by atoms with Gasteiger partial charge in [0.2, 0.25) is 11.8 Å². The number of nitrogens with one attached hydrogen (secondary N) is 2. The lowest BCUT2D eigenvalue weighted by molar-refractivity contribution is 0.0923. The van der Waals surface area contributed by atoms with Crippen LogP contribution in [-0.2, 0) is 0 Å². The average Bonchev–Trinajstić information content (AvgIpc) is 2.82. The molecule has 1 aromatic carbocycles. The lowest BCUT2D eigenvalue weighted by atomic mass is 9.91. The summed E-state index contributed by atoms with van der Waals surface area (Å²) >= 11 is 0. The number of nitrogens with zero attached hydrogens (tertiary/aromatic N) is 4. The van der Waals surface area contributed by atoms with Crippen LogP contribution in [0, 0.1) is 5.82 Å². The van der Waals surface area contributed by atoms with Crippen molar-refractivity contribution in [1.82, 2.24) is 20.3 Å². The van der Waals surface area contributed by atoms with Crippen LogP contribution in [0.2, 0.25) is 0 Å². The number of anilines is 2. The van der Waals surface area contributed by atoms with Crippen molar-refractivity contribution in [1.29, 1.82) is 0 Å². The molecule has 4 rings (SSSR count). The van der Waals surface area contributed by atoms with Gasteiger partial charge in [0.15, 0.2) is 0 Å². The molecule has 2 aromatic heterocycles. The van der Waals surface area contributed by atoms with Crippen molar-refractivity contribution in [3.63, 3.8) is 0 Å². The Morgan fingerprint density at radius 3 is 2.45 bits per heavy atom. The first-order valence-electron chi connectivity index (χ1n) is 10.9. The van der Waals surface area contributed by atoms with Crippen LogP contribution in [0.5, 0.6) is 11.6 Å². The number of amides is 1. The standard InChI is InChI=1S/C24H27FN6O2/c1-31(2)21-13-15-27-24(30-21)29-18-9-7-17(8-10-18)28-22(32)20-4-3-14-26-23(20)33-19-11-5-16(25)6-12-19/h3-6,11-15,17-18H,7-10H2,1-2H3,(H,28,32)(H,27,29,30)/t17-,18+. The highest BCUT2D eigenvalue weighted by Gasteiger charge is 2.25. The third-order valence-corrected chi connectivity index (χ3v) is 5.54. The minimum atomic E-state index is -0.358. The Labute approximate surface area is 192 Å². The molecule has 33 heavy (non-hydrogen) atoms. The fourth-order valence-electron chi connectivity index (χ4n) is 3.75. The van der Waals surface area contributed by atoms with Crippen molar-refractivity contribution in [2.75, 3.05) is 24.3 Å². The number of benzene rings is 1. The maximum absolute atomic E-state index is 13.1. The average molecular weight is 451 g/mol. The second-order valence-electron chi connectivity index (χ2n) is 8.21. The Hall–Kier alpha value is -3.75. The van der Waals surface area contributed by atoms with E-state index in [0.29, 0.717) is 17.3 Å². The predicted molar refractivity (Wildman–Crippen MR) is 124 cm³/mol. The summed E-state index contributed by atoms with van der Waals surface area (Å²) in [6.07, 6.45) is 6.77. The molecule has 0 aliphatic heterocycles. The van der Waals surface area contributed by atoms with Gasteiger partial charge < -0.3 is 20.3 Å². The summed E-state index contributed by atoms with van der Waals surface area (Å²) < 4.78 is 18.9. The molecule has 0 bridgehead atoms. The van der Waals surface area contributed by atoms with E-state index in [9.17, 15) is 9.18 Å². The second-order valence-corrected chi connectivity index (χ2v) is 8.21. The van der Waals surface area contributed by atoms with Crippen LogP contribution in [0.3, 0.4) is 0 Å². The number of hydrogen-bond acceptors (Lipinski definition) is 7. The van der Waals surface area contributed by atoms with E-state index in [-0.39, 0.29) is 29.7 Å². The summed E-state index contributed by atoms with van der Waals surface area (Å²) in [5.74, 6) is 1.48. The van der Waals surface area contributed by atoms with Crippen LogP contribution in [-0.4, -0.2) is 47.0 Å². The van der Waals surface area contributed by atoms with Crippen molar-refractivity contribution in [3.8, 4) is 11.6 Å². The maximum Gasteiger partial charge on any atom is 0.257 e. The van der Waals surface area contributed by atoms with Gasteiger partial charge in [-0.2, -0.15) is 4.98 Å². The number of carbonyl (C=O) groups excluding carboxylic acids is 1. The summed E-state index contributed by atoms with van der Waals surface area (Å²) in [5, 5.41) is 6.50. The zero-order valence-corrected chi connectivity index (χ0v) is 18.7. The quantitative estimate of drug-likeness (QED) is 0.562. The van der Waals surface area contributed by atoms with E-state index < -0.39 is 0 Å². The third-order valence-electron chi connectivity index (χ3n) is 5.54. The van der Waals surface area contributed by atoms with Crippen molar-refractivity contribution >= 4 is 17.7 Å². The molecule has 172 valence electrons. The van der Waals surface area contributed by atoms with E-state index in [4.69, 9.17) is 4.74 Å². The van der Waals surface area contributed by atoms with Gasteiger partial charge in [-0.25, -0.2) is 14.4 Å². The van der Waals surface area contributed by atoms with Crippen LogP contribution in [0.15, 0.2) is 54.9 Å². The number of hydrogen-bond donors (Lipinski definition) is 2. The maximum atomic E-state index is 13.1. The fraction of sp³-hybridized carbons (Fsp3) is 0.333. The minimum Gasteiger partial charge on any atom is -0.438 e. The molecule has 0 unspecified atom stereocenters. The zero-order chi connectivity index (χ0) is 23.2. The van der Waals surface area contributed by atoms with Crippen molar-refractivity contribution in [3.05, 3.63) is 66.2 Å². The number of ether oxygens (including phenoxy) is 1. The van der Waals surface area contributed by atoms with E-state index in [0.717, 1.165) is 31.5 Å². The number of rotatable bonds is 7. The van der Waals surface area contributed by atoms with Gasteiger partial charge in [-0.3, -0.25) is 4.79 Å². The number of aromatic nitrogens is 3. The molecular weight excluding hydrogens is 423 g/mol. The molecule has 1 aliphatic rings. The Morgan fingerprint density at radius 1 is 1.00 bits per heavy atom. The lowest BCUT2D eigenvalue weighted by Gasteiger charge is -2.30. The van der Waals surface area contributed by atoms with Crippen LogP contribution < -0.4 is 20.3 Å². The number of pyridine rings is 1. The molecule has 0 radical (unpaired) electrons. The molecular formula is C24H27FN6O2. The van der Waals surface area contributed by atoms with Crippen molar-refractivity contribution < 1.29 is 13.9 Å². The minimum absolute atomic E-state index is 0.0588. The first kappa shape index (κ1) is 22.4. The zero-order valence-electron chi connectivity index (χ0n) is 18.7. The van der Waals surface area contributed by atoms with Gasteiger partial charge in [0, 0.05) is 38.6 Å². The van der Waals surface area contributed by atoms with Crippen LogP contribution in [0.1, 0.15) is 36.0 Å². The van der Waals surface area contributed by atoms with E-state index in [1.807, 2.05) is 25.1 Å². The van der Waals surface area contributed by atoms with Crippen LogP contribution in [0.4, 0.5) is 16.2 Å². The largest absolute Gasteiger partial charge is 0.438 e. The lowest BCUT2D eigenvalue weighted by Crippen LogP contribution is -2.40. The summed E-state index contributed by atoms with van der Waals surface area (Å²) in [6, 6.07) is 11.1. The van der Waals surface area contributed by atoms with E-state index in [1.54, 1.807) is 24.5 Å². The van der Waals surface area contributed by atoms with E-state index in [1.165, 1.54) is 24.3 Å². The van der Waals surface area contributed by atoms with Crippen LogP contribution >= 0.6 is 0 Å². The smallest absolute Gasteiger partial charge is 0.257 e. The third kappa shape index (κ3) is 5.94. The van der Waals surface area contributed by atoms with Gasteiger partial charge in [-0.15, -0.1) is 0 Å². The van der Waals surface area contributed by atoms with Crippen LogP contribution in [0.25, 0.3) is 0 Å². The molecule has 1 saturated carbocycles. The van der Waals surface area contributed by atoms with Crippen molar-refractivity contribution in [2.24, 2.45) is 0 Å². The molecule has 9 heteroatoms. The molecule has 1 aliphatic carbocycles. The highest BCUT2D eigenvalue weighted by atomic mass is 19.1. The van der Waals surface area contributed by atoms with Crippen molar-refractivity contribution in [2.45, 2.75) is 37.8 Å². The normalized spacial score (nSPS) is 17.8. The number of halogens is 1. The second kappa shape index (κ2) is 10.2. The Kier molecular flexibility index (Phi) is 6.97. The Balaban J connectivity index is 1.32. The molecule has 0 atom stereocenters. The SMILES string of the molecule is CN(C)c1ccnc(N[C@H]2CC[C@@H](NC(=O)c3cccnc3Oc3ccc(F)cc3)CC2)n1. The van der Waals surface area contributed by atoms with Gasteiger partial charge in [-0.1, -0.05) is 0 Å². The predicted octanol–water partition coefficient (Wildman–Crippen LogP) is 4.02. The molecule has 2 N–H and O–H groups in total. The highest BCUT2D eigenvalue weighted by Crippen LogP contribution is 2.25. The van der Waals surface area contributed by atoms with E-state index in [2.05, 4.69) is 25.6 Å². The van der Waals surface area contributed by atoms with E-state index >= 15 is 0 Å². The molecule has 1 amide bonds. The molecule has 2 heterocycles. The molecule has 3 aromatic rings. The highest BCUT2D eigenvalue weighted by molar-refractivity contribution is 5.96. The van der Waals surface area contributed by atoms with Gasteiger partial charge in [0.1, 0.15) is 22.9 Å². The summed E-state index contributed by atoms with van der Waals surface area (Å²) in [4.78, 5) is 27.9. The first-order valence-corrected chi connectivity index (χ1v) is 10.9. The molecule has 0 spiro atoms. The first-order chi connectivity index (χ1) is 16.0. The Bertz CT molecular complexity index is 1080. The molecule has 1 fully saturated rings. The van der Waals surface area contributed by atoms with Gasteiger partial charge in [0.05, 0.1) is 0 Å². The molecule has 8 nitrogen and oxygen atoms in total. The molecule has 0 saturated heterocycles. The van der Waals surface area contributed by atoms with Gasteiger partial charge in [0.25, 0.3) is 5.91 Å². The van der Waals surface area contributed by atoms with Gasteiger partial charge in [-0.05, 0) is 68.1 Å². The Morgan fingerprint density at radius 2 is 1.73 bits per heavy atom. The summed E-state index contributed by atoms with van der Waals surface area (Å²) in [5.41, 5.74) is 0.343. The van der Waals surface area contributed by atoms with Gasteiger partial charge >= 0.3 is 0 Å². The number of carbonyl (C=O) groups is 1. The monoisotopic (exact) mass is 450 g/mol. The summed E-state index contributed by atoms with van der Waals surface area (Å²) in [7, 11) is 3.89. The topological polar surface area (TPSA) is 92.3 Å². The summed E-state index contributed by atoms with van der Waals surface area (Å²) in [6.45, 7) is 0. The fourth-order valence-corrected chi connectivity index (χ4v) is 3.75.